The molecule has 4 atom stereocenters. The number of aromatic hydroxyl groups is 1. The van der Waals surface area contributed by atoms with E-state index in [0.717, 1.165) is 0 Å². The zero-order chi connectivity index (χ0) is 23.8. The molecular formula is C23H16BrClN2O6. The average Bonchev–Trinajstić information content (AvgIpc) is 3.01. The van der Waals surface area contributed by atoms with Crippen LogP contribution < -0.4 is 5.73 Å². The van der Waals surface area contributed by atoms with E-state index < -0.39 is 41.5 Å². The van der Waals surface area contributed by atoms with Gasteiger partial charge in [-0.15, -0.1) is 0 Å². The summed E-state index contributed by atoms with van der Waals surface area (Å²) in [6.45, 7) is 0. The van der Waals surface area contributed by atoms with Crippen molar-refractivity contribution in [1.29, 1.82) is 0 Å². The second-order valence-electron chi connectivity index (χ2n) is 8.45. The van der Waals surface area contributed by atoms with Crippen LogP contribution in [0.4, 0.5) is 4.79 Å². The number of phenolic OH excluding ortho intramolecular Hbond substituents is 1. The lowest BCUT2D eigenvalue weighted by Gasteiger charge is -2.42. The number of amides is 4. The van der Waals surface area contributed by atoms with Crippen molar-refractivity contribution < 1.29 is 29.1 Å². The number of urea groups is 1. The summed E-state index contributed by atoms with van der Waals surface area (Å²) in [5.41, 5.74) is 6.96. The number of hydrogen-bond donors (Lipinski definition) is 2. The fourth-order valence-electron chi connectivity index (χ4n) is 5.53. The first-order valence-corrected chi connectivity index (χ1v) is 11.3. The van der Waals surface area contributed by atoms with E-state index in [0.29, 0.717) is 16.0 Å². The predicted octanol–water partition coefficient (Wildman–Crippen LogP) is 2.89. The number of carbonyl (C=O) groups excluding carboxylic acids is 5. The molecule has 1 aliphatic heterocycles. The summed E-state index contributed by atoms with van der Waals surface area (Å²) in [4.78, 5) is 64.2. The van der Waals surface area contributed by atoms with Gasteiger partial charge in [-0.05, 0) is 52.4 Å². The predicted molar refractivity (Wildman–Crippen MR) is 119 cm³/mol. The molecule has 0 spiro atoms. The number of benzene rings is 1. The lowest BCUT2D eigenvalue weighted by atomic mass is 9.59. The topological polar surface area (TPSA) is 135 Å². The number of fused-ring (bicyclic) bond motifs is 3. The molecule has 4 amide bonds. The van der Waals surface area contributed by atoms with E-state index in [9.17, 15) is 29.1 Å². The minimum atomic E-state index is -1.13. The number of halogens is 2. The summed E-state index contributed by atoms with van der Waals surface area (Å²) in [5, 5.41) is 10.0. The number of ketones is 2. The Labute approximate surface area is 200 Å². The van der Waals surface area contributed by atoms with Gasteiger partial charge in [-0.1, -0.05) is 29.3 Å². The van der Waals surface area contributed by atoms with Crippen molar-refractivity contribution in [1.82, 2.24) is 4.90 Å². The molecule has 33 heavy (non-hydrogen) atoms. The van der Waals surface area contributed by atoms with Crippen LogP contribution in [0.5, 0.6) is 5.75 Å². The third kappa shape index (κ3) is 3.06. The molecule has 0 saturated carbocycles. The van der Waals surface area contributed by atoms with E-state index >= 15 is 0 Å². The number of carbonyl (C=O) groups is 5. The third-order valence-corrected chi connectivity index (χ3v) is 7.76. The van der Waals surface area contributed by atoms with Crippen LogP contribution in [0.15, 0.2) is 51.6 Å². The van der Waals surface area contributed by atoms with E-state index in [1.807, 2.05) is 0 Å². The van der Waals surface area contributed by atoms with Gasteiger partial charge in [0, 0.05) is 28.2 Å². The van der Waals surface area contributed by atoms with Crippen LogP contribution in [-0.4, -0.2) is 39.4 Å². The zero-order valence-corrected chi connectivity index (χ0v) is 19.2. The molecule has 1 aromatic carbocycles. The summed E-state index contributed by atoms with van der Waals surface area (Å²) in [5.74, 6) is -5.16. The number of likely N-dealkylation sites (tertiary alicyclic amines) is 1. The molecule has 4 aliphatic rings. The molecule has 1 heterocycles. The van der Waals surface area contributed by atoms with Crippen LogP contribution in [0.1, 0.15) is 24.3 Å². The fraction of sp³-hybridized carbons (Fsp3) is 0.261. The Kier molecular flexibility index (Phi) is 4.95. The molecule has 168 valence electrons. The van der Waals surface area contributed by atoms with Crippen molar-refractivity contribution in [2.45, 2.75) is 18.8 Å². The van der Waals surface area contributed by atoms with Crippen molar-refractivity contribution >= 4 is 56.9 Å². The number of allylic oxidation sites excluding steroid dienone is 6. The number of phenols is 1. The van der Waals surface area contributed by atoms with Crippen LogP contribution in [-0.2, 0) is 19.2 Å². The van der Waals surface area contributed by atoms with Crippen LogP contribution in [0, 0.1) is 17.8 Å². The molecule has 0 radical (unpaired) electrons. The number of nitrogens with two attached hydrogens (primary N) is 1. The molecule has 0 unspecified atom stereocenters. The van der Waals surface area contributed by atoms with Gasteiger partial charge in [-0.2, -0.15) is 4.90 Å². The monoisotopic (exact) mass is 530 g/mol. The van der Waals surface area contributed by atoms with Gasteiger partial charge in [0.25, 0.3) is 0 Å². The Morgan fingerprint density at radius 1 is 1.15 bits per heavy atom. The van der Waals surface area contributed by atoms with Crippen molar-refractivity contribution in [3.8, 4) is 5.75 Å². The lowest BCUT2D eigenvalue weighted by molar-refractivity contribution is -0.136. The summed E-state index contributed by atoms with van der Waals surface area (Å²) >= 11 is 9.59. The molecule has 0 aromatic heterocycles. The molecule has 10 heteroatoms. The van der Waals surface area contributed by atoms with E-state index in [1.165, 1.54) is 18.2 Å². The van der Waals surface area contributed by atoms with Gasteiger partial charge >= 0.3 is 6.03 Å². The maximum atomic E-state index is 13.1. The van der Waals surface area contributed by atoms with E-state index in [2.05, 4.69) is 15.9 Å². The van der Waals surface area contributed by atoms with Crippen LogP contribution in [0.3, 0.4) is 0 Å². The van der Waals surface area contributed by atoms with Gasteiger partial charge in [0.1, 0.15) is 5.75 Å². The Balaban J connectivity index is 1.72. The first kappa shape index (κ1) is 21.8. The first-order valence-electron chi connectivity index (χ1n) is 10.2. The quantitative estimate of drug-likeness (QED) is 0.325. The van der Waals surface area contributed by atoms with Crippen molar-refractivity contribution in [2.24, 2.45) is 23.5 Å². The summed E-state index contributed by atoms with van der Waals surface area (Å²) in [6, 6.07) is 3.21. The minimum absolute atomic E-state index is 0.0632. The Bertz CT molecular complexity index is 1300. The minimum Gasteiger partial charge on any atom is -0.508 e. The molecule has 0 bridgehead atoms. The molecule has 1 fully saturated rings. The Hall–Kier alpha value is -3.04. The number of hydrogen-bond acceptors (Lipinski definition) is 6. The van der Waals surface area contributed by atoms with Gasteiger partial charge in [0.2, 0.25) is 11.8 Å². The summed E-state index contributed by atoms with van der Waals surface area (Å²) in [6.07, 6.45) is 3.26. The van der Waals surface area contributed by atoms with Crippen LogP contribution in [0.25, 0.3) is 0 Å². The number of nitrogens with zero attached hydrogens (tertiary/aromatic N) is 1. The molecular weight excluding hydrogens is 516 g/mol. The van der Waals surface area contributed by atoms with Crippen molar-refractivity contribution in [2.75, 3.05) is 0 Å². The zero-order valence-electron chi connectivity index (χ0n) is 16.9. The highest BCUT2D eigenvalue weighted by Crippen LogP contribution is 2.56. The number of primary amides is 1. The highest BCUT2D eigenvalue weighted by atomic mass is 79.9. The highest BCUT2D eigenvalue weighted by Gasteiger charge is 2.57. The SMILES string of the molecule is NC(=O)N1C(=O)[C@H]2[C@H](CC=C3[C@H](c4ccc(O)cc4Cl)C4=C(C[C@H]32)C(=O)C(Br)=CC4=O)C1=O. The molecule has 1 saturated heterocycles. The molecule has 5 rings (SSSR count). The van der Waals surface area contributed by atoms with Crippen molar-refractivity contribution in [3.05, 3.63) is 62.1 Å². The number of Topliss-reactive ketones (excluding diaryl/α,β-unsaturated/α-hetero) is 1. The first-order chi connectivity index (χ1) is 15.6. The Morgan fingerprint density at radius 3 is 2.55 bits per heavy atom. The number of imide groups is 3. The van der Waals surface area contributed by atoms with Gasteiger partial charge < -0.3 is 10.8 Å². The maximum absolute atomic E-state index is 13.1. The highest BCUT2D eigenvalue weighted by molar-refractivity contribution is 9.12. The largest absolute Gasteiger partial charge is 0.508 e. The Morgan fingerprint density at radius 2 is 1.88 bits per heavy atom. The smallest absolute Gasteiger partial charge is 0.328 e. The second kappa shape index (κ2) is 7.50. The molecule has 3 N–H and O–H groups in total. The van der Waals surface area contributed by atoms with Crippen molar-refractivity contribution in [3.63, 3.8) is 0 Å². The van der Waals surface area contributed by atoms with Gasteiger partial charge in [0.15, 0.2) is 11.6 Å². The average molecular weight is 532 g/mol. The maximum Gasteiger partial charge on any atom is 0.328 e. The molecule has 8 nitrogen and oxygen atoms in total. The normalized spacial score (nSPS) is 28.8. The molecule has 3 aliphatic carbocycles. The summed E-state index contributed by atoms with van der Waals surface area (Å²) < 4.78 is 0.106. The number of rotatable bonds is 1. The lowest BCUT2D eigenvalue weighted by Crippen LogP contribution is -2.42. The van der Waals surface area contributed by atoms with E-state index in [1.54, 1.807) is 12.1 Å². The van der Waals surface area contributed by atoms with Gasteiger partial charge in [0.05, 0.1) is 16.3 Å². The standard InChI is InChI=1S/C23H16BrClN2O6/c24-14-7-16(29)19-13(20(14)30)6-12-9(17(19)10-2-1-8(28)5-15(10)25)3-4-11-18(12)22(32)27(21(11)31)23(26)33/h1-3,5,7,11-12,17-18,28H,4,6H2,(H2,26,33)/t11-,12+,17+,18-/m0/s1. The van der Waals surface area contributed by atoms with E-state index in [4.69, 9.17) is 17.3 Å². The second-order valence-corrected chi connectivity index (χ2v) is 9.71. The third-order valence-electron chi connectivity index (χ3n) is 6.85. The van der Waals surface area contributed by atoms with E-state index in [-0.39, 0.29) is 50.8 Å². The summed E-state index contributed by atoms with van der Waals surface area (Å²) in [7, 11) is 0. The molecule has 1 aromatic rings. The van der Waals surface area contributed by atoms with Crippen LogP contribution in [0.2, 0.25) is 5.02 Å². The van der Waals surface area contributed by atoms with Gasteiger partial charge in [-0.3, -0.25) is 19.2 Å². The fourth-order valence-corrected chi connectivity index (χ4v) is 6.26. The van der Waals surface area contributed by atoms with Gasteiger partial charge in [-0.25, -0.2) is 4.79 Å². The van der Waals surface area contributed by atoms with Crippen LogP contribution >= 0.6 is 27.5 Å².